The van der Waals surface area contributed by atoms with Crippen LogP contribution in [-0.2, 0) is 0 Å². The molecule has 6 heteroatoms. The summed E-state index contributed by atoms with van der Waals surface area (Å²) >= 11 is 11.2. The number of nitrogens with one attached hydrogen (secondary N) is 1. The molecule has 0 fully saturated rings. The highest BCUT2D eigenvalue weighted by Crippen LogP contribution is 2.29. The van der Waals surface area contributed by atoms with Crippen molar-refractivity contribution in [2.75, 3.05) is 5.32 Å². The molecule has 0 aliphatic rings. The Labute approximate surface area is 124 Å². The monoisotopic (exact) mass is 345 g/mol. The smallest absolute Gasteiger partial charge is 0.152 e. The van der Waals surface area contributed by atoms with E-state index in [-0.39, 0.29) is 6.04 Å². The van der Waals surface area contributed by atoms with Crippen molar-refractivity contribution >= 4 is 44.6 Å². The lowest BCUT2D eigenvalue weighted by Gasteiger charge is -2.15. The van der Waals surface area contributed by atoms with Crippen LogP contribution in [0.3, 0.4) is 0 Å². The molecule has 0 aliphatic heterocycles. The maximum Gasteiger partial charge on any atom is 0.152 e. The first kappa shape index (κ1) is 13.8. The molecule has 0 aliphatic carbocycles. The third-order valence-corrected chi connectivity index (χ3v) is 4.16. The Bertz CT molecular complexity index is 570. The van der Waals surface area contributed by atoms with Crippen LogP contribution in [0.1, 0.15) is 28.5 Å². The SMILES string of the molecule is Cc1nc(C(C)Nc2cc(Br)cnc2Cl)c(C)s1. The summed E-state index contributed by atoms with van der Waals surface area (Å²) in [6, 6.07) is 2.02. The molecule has 1 unspecified atom stereocenters. The molecule has 2 heterocycles. The summed E-state index contributed by atoms with van der Waals surface area (Å²) in [5, 5.41) is 4.89. The molecule has 0 radical (unpaired) electrons. The second-order valence-corrected chi connectivity index (χ2v) is 6.71. The van der Waals surface area contributed by atoms with E-state index in [0.717, 1.165) is 20.9 Å². The van der Waals surface area contributed by atoms with Crippen molar-refractivity contribution in [1.82, 2.24) is 9.97 Å². The van der Waals surface area contributed by atoms with Crippen LogP contribution in [0.2, 0.25) is 5.15 Å². The van der Waals surface area contributed by atoms with Gasteiger partial charge in [0.1, 0.15) is 0 Å². The second kappa shape index (κ2) is 5.55. The Balaban J connectivity index is 2.23. The molecule has 96 valence electrons. The molecule has 2 aromatic rings. The molecule has 1 atom stereocenters. The molecule has 0 aromatic carbocycles. The first-order valence-electron chi connectivity index (χ1n) is 5.49. The van der Waals surface area contributed by atoms with Crippen LogP contribution < -0.4 is 5.32 Å². The van der Waals surface area contributed by atoms with Crippen molar-refractivity contribution in [3.8, 4) is 0 Å². The third kappa shape index (κ3) is 3.02. The molecular weight excluding hydrogens is 334 g/mol. The van der Waals surface area contributed by atoms with Crippen LogP contribution in [0.15, 0.2) is 16.7 Å². The maximum absolute atomic E-state index is 6.06. The van der Waals surface area contributed by atoms with E-state index < -0.39 is 0 Å². The fourth-order valence-corrected chi connectivity index (χ4v) is 3.18. The van der Waals surface area contributed by atoms with Gasteiger partial charge < -0.3 is 5.32 Å². The van der Waals surface area contributed by atoms with Gasteiger partial charge in [-0.1, -0.05) is 11.6 Å². The van der Waals surface area contributed by atoms with Gasteiger partial charge in [0.15, 0.2) is 5.15 Å². The summed E-state index contributed by atoms with van der Waals surface area (Å²) in [5.74, 6) is 0. The molecule has 3 nitrogen and oxygen atoms in total. The average Bonchev–Trinajstić information content (AvgIpc) is 2.63. The fourth-order valence-electron chi connectivity index (χ4n) is 1.77. The molecule has 18 heavy (non-hydrogen) atoms. The number of thiazole rings is 1. The maximum atomic E-state index is 6.06. The lowest BCUT2D eigenvalue weighted by molar-refractivity contribution is 0.835. The summed E-state index contributed by atoms with van der Waals surface area (Å²) < 4.78 is 0.896. The minimum Gasteiger partial charge on any atom is -0.374 e. The van der Waals surface area contributed by atoms with E-state index in [0.29, 0.717) is 5.15 Å². The summed E-state index contributed by atoms with van der Waals surface area (Å²) in [4.78, 5) is 9.86. The van der Waals surface area contributed by atoms with Crippen LogP contribution in [-0.4, -0.2) is 9.97 Å². The van der Waals surface area contributed by atoms with Gasteiger partial charge in [-0.2, -0.15) is 0 Å². The fraction of sp³-hybridized carbons (Fsp3) is 0.333. The largest absolute Gasteiger partial charge is 0.374 e. The zero-order chi connectivity index (χ0) is 13.3. The molecule has 0 bridgehead atoms. The Morgan fingerprint density at radius 3 is 2.78 bits per heavy atom. The van der Waals surface area contributed by atoms with Crippen LogP contribution in [0, 0.1) is 13.8 Å². The summed E-state index contributed by atoms with van der Waals surface area (Å²) in [6.45, 7) is 6.17. The zero-order valence-electron chi connectivity index (χ0n) is 10.3. The minimum absolute atomic E-state index is 0.101. The van der Waals surface area contributed by atoms with Crippen molar-refractivity contribution in [1.29, 1.82) is 0 Å². The number of hydrogen-bond acceptors (Lipinski definition) is 4. The number of hydrogen-bond donors (Lipinski definition) is 1. The average molecular weight is 347 g/mol. The standard InChI is InChI=1S/C12H13BrClN3S/c1-6(11-7(2)18-8(3)17-11)16-10-4-9(13)5-15-12(10)14/h4-6,16H,1-3H3. The van der Waals surface area contributed by atoms with Crippen molar-refractivity contribution < 1.29 is 0 Å². The van der Waals surface area contributed by atoms with Gasteiger partial charge in [-0.15, -0.1) is 11.3 Å². The number of aromatic nitrogens is 2. The first-order valence-corrected chi connectivity index (χ1v) is 7.47. The van der Waals surface area contributed by atoms with E-state index in [9.17, 15) is 0 Å². The second-order valence-electron chi connectivity index (χ2n) is 4.03. The molecule has 0 amide bonds. The van der Waals surface area contributed by atoms with Gasteiger partial charge >= 0.3 is 0 Å². The Kier molecular flexibility index (Phi) is 4.25. The lowest BCUT2D eigenvalue weighted by atomic mass is 10.2. The molecule has 2 aromatic heterocycles. The Hall–Kier alpha value is -0.650. The molecule has 1 N–H and O–H groups in total. The predicted octanol–water partition coefficient (Wildman–Crippen LogP) is 4.74. The number of nitrogens with zero attached hydrogens (tertiary/aromatic N) is 2. The summed E-state index contributed by atoms with van der Waals surface area (Å²) in [7, 11) is 0. The van der Waals surface area contributed by atoms with Crippen LogP contribution >= 0.6 is 38.9 Å². The van der Waals surface area contributed by atoms with Gasteiger partial charge in [0, 0.05) is 15.5 Å². The number of anilines is 1. The van der Waals surface area contributed by atoms with Crippen LogP contribution in [0.25, 0.3) is 0 Å². The van der Waals surface area contributed by atoms with Gasteiger partial charge in [0.25, 0.3) is 0 Å². The van der Waals surface area contributed by atoms with E-state index in [4.69, 9.17) is 11.6 Å². The van der Waals surface area contributed by atoms with Crippen molar-refractivity contribution in [2.45, 2.75) is 26.8 Å². The molecule has 0 saturated heterocycles. The number of aryl methyl sites for hydroxylation is 2. The highest BCUT2D eigenvalue weighted by atomic mass is 79.9. The van der Waals surface area contributed by atoms with E-state index in [1.165, 1.54) is 4.88 Å². The normalized spacial score (nSPS) is 12.5. The molecular formula is C12H13BrClN3S. The highest BCUT2D eigenvalue weighted by Gasteiger charge is 2.14. The molecule has 0 saturated carbocycles. The van der Waals surface area contributed by atoms with E-state index in [1.807, 2.05) is 13.0 Å². The van der Waals surface area contributed by atoms with Crippen LogP contribution in [0.5, 0.6) is 0 Å². The van der Waals surface area contributed by atoms with Crippen LogP contribution in [0.4, 0.5) is 5.69 Å². The van der Waals surface area contributed by atoms with E-state index in [2.05, 4.69) is 45.1 Å². The predicted molar refractivity (Wildman–Crippen MR) is 80.6 cm³/mol. The topological polar surface area (TPSA) is 37.8 Å². The van der Waals surface area contributed by atoms with Crippen molar-refractivity contribution in [3.63, 3.8) is 0 Å². The first-order chi connectivity index (χ1) is 8.47. The van der Waals surface area contributed by atoms with E-state index in [1.54, 1.807) is 17.5 Å². The summed E-state index contributed by atoms with van der Waals surface area (Å²) in [5.41, 5.74) is 1.87. The number of rotatable bonds is 3. The lowest BCUT2D eigenvalue weighted by Crippen LogP contribution is -2.09. The summed E-state index contributed by atoms with van der Waals surface area (Å²) in [6.07, 6.45) is 1.68. The van der Waals surface area contributed by atoms with Crippen molar-refractivity contribution in [3.05, 3.63) is 37.5 Å². The molecule has 2 rings (SSSR count). The Morgan fingerprint density at radius 2 is 2.17 bits per heavy atom. The third-order valence-electron chi connectivity index (χ3n) is 2.53. The van der Waals surface area contributed by atoms with Gasteiger partial charge in [0.05, 0.1) is 22.4 Å². The molecule has 0 spiro atoms. The zero-order valence-corrected chi connectivity index (χ0v) is 13.4. The quantitative estimate of drug-likeness (QED) is 0.815. The van der Waals surface area contributed by atoms with E-state index >= 15 is 0 Å². The Morgan fingerprint density at radius 1 is 1.44 bits per heavy atom. The van der Waals surface area contributed by atoms with Gasteiger partial charge in [-0.3, -0.25) is 0 Å². The van der Waals surface area contributed by atoms with Gasteiger partial charge in [0.2, 0.25) is 0 Å². The number of pyridine rings is 1. The minimum atomic E-state index is 0.101. The number of halogens is 2. The van der Waals surface area contributed by atoms with Crippen molar-refractivity contribution in [2.24, 2.45) is 0 Å². The van der Waals surface area contributed by atoms with Gasteiger partial charge in [-0.05, 0) is 42.8 Å². The van der Waals surface area contributed by atoms with Gasteiger partial charge in [-0.25, -0.2) is 9.97 Å². The highest BCUT2D eigenvalue weighted by molar-refractivity contribution is 9.10.